The van der Waals surface area contributed by atoms with Gasteiger partial charge in [0.15, 0.2) is 5.11 Å². The topological polar surface area (TPSA) is 28.5 Å². The number of thiophene rings is 1. The van der Waals surface area contributed by atoms with Crippen molar-refractivity contribution in [1.82, 2.24) is 5.32 Å². The molecule has 0 saturated carbocycles. The Hall–Kier alpha value is -1.43. The number of benzene rings is 1. The maximum atomic E-state index is 5.53. The van der Waals surface area contributed by atoms with Crippen molar-refractivity contribution in [2.75, 3.05) is 25.0 Å². The first-order valence-electron chi connectivity index (χ1n) is 8.63. The van der Waals surface area contributed by atoms with E-state index in [9.17, 15) is 0 Å². The van der Waals surface area contributed by atoms with Crippen LogP contribution in [0.25, 0.3) is 0 Å². The zero-order chi connectivity index (χ0) is 16.9. The molecule has 1 aromatic heterocycles. The van der Waals surface area contributed by atoms with E-state index in [1.807, 2.05) is 11.3 Å². The molecule has 1 aliphatic heterocycles. The highest BCUT2D eigenvalue weighted by Gasteiger charge is 2.28. The Morgan fingerprint density at radius 3 is 2.75 bits per heavy atom. The van der Waals surface area contributed by atoms with Crippen molar-refractivity contribution in [3.8, 4) is 0 Å². The van der Waals surface area contributed by atoms with Crippen LogP contribution in [0.1, 0.15) is 34.9 Å². The van der Waals surface area contributed by atoms with Gasteiger partial charge in [-0.3, -0.25) is 0 Å². The van der Waals surface area contributed by atoms with E-state index in [0.717, 1.165) is 12.2 Å². The zero-order valence-electron chi connectivity index (χ0n) is 14.4. The van der Waals surface area contributed by atoms with Gasteiger partial charge in [0.05, 0.1) is 24.5 Å². The highest BCUT2D eigenvalue weighted by Crippen LogP contribution is 2.18. The van der Waals surface area contributed by atoms with E-state index in [-0.39, 0.29) is 0 Å². The van der Waals surface area contributed by atoms with Crippen LogP contribution in [0.2, 0.25) is 0 Å². The number of aryl methyl sites for hydroxylation is 2. The Labute approximate surface area is 154 Å². The van der Waals surface area contributed by atoms with Gasteiger partial charge in [0.25, 0.3) is 0 Å². The average molecular weight is 361 g/mol. The fraction of sp³-hybridized carbons (Fsp3) is 0.421. The number of likely N-dealkylation sites (tertiary alicyclic amines) is 1. The number of nitrogens with one attached hydrogen (secondary N) is 3. The second-order valence-corrected chi connectivity index (χ2v) is 7.97. The largest absolute Gasteiger partial charge is 0.356 e. The van der Waals surface area contributed by atoms with Crippen molar-refractivity contribution in [2.45, 2.75) is 32.7 Å². The Bertz CT molecular complexity index is 676. The Kier molecular flexibility index (Phi) is 5.87. The summed E-state index contributed by atoms with van der Waals surface area (Å²) in [5.74, 6) is 0. The van der Waals surface area contributed by atoms with Crippen LogP contribution in [-0.4, -0.2) is 24.7 Å². The smallest absolute Gasteiger partial charge is 0.171 e. The van der Waals surface area contributed by atoms with Crippen LogP contribution >= 0.6 is 23.6 Å². The van der Waals surface area contributed by atoms with Gasteiger partial charge in [0.2, 0.25) is 0 Å². The third-order valence-electron chi connectivity index (χ3n) is 4.73. The molecule has 0 bridgehead atoms. The molecule has 0 amide bonds. The summed E-state index contributed by atoms with van der Waals surface area (Å²) in [6.07, 6.45) is 2.67. The molecule has 1 atom stereocenters. The molecular weight excluding hydrogens is 334 g/mol. The first-order chi connectivity index (χ1) is 11.6. The predicted octanol–water partition coefficient (Wildman–Crippen LogP) is 3.07. The average Bonchev–Trinajstić information content (AvgIpc) is 3.25. The fourth-order valence-electron chi connectivity index (χ4n) is 3.35. The molecule has 0 radical (unpaired) electrons. The number of quaternary nitrogens is 1. The summed E-state index contributed by atoms with van der Waals surface area (Å²) in [5, 5.41) is 9.69. The van der Waals surface area contributed by atoms with Gasteiger partial charge in [-0.1, -0.05) is 18.2 Å². The van der Waals surface area contributed by atoms with E-state index in [0.29, 0.717) is 11.2 Å². The maximum absolute atomic E-state index is 5.53. The highest BCUT2D eigenvalue weighted by molar-refractivity contribution is 7.80. The van der Waals surface area contributed by atoms with Crippen molar-refractivity contribution in [3.05, 3.63) is 51.7 Å². The predicted molar refractivity (Wildman–Crippen MR) is 107 cm³/mol. The summed E-state index contributed by atoms with van der Waals surface area (Å²) in [7, 11) is 0. The molecule has 1 saturated heterocycles. The van der Waals surface area contributed by atoms with Crippen LogP contribution in [0.5, 0.6) is 0 Å². The fourth-order valence-corrected chi connectivity index (χ4v) is 4.42. The van der Waals surface area contributed by atoms with Gasteiger partial charge in [-0.2, -0.15) is 0 Å². The summed E-state index contributed by atoms with van der Waals surface area (Å²) >= 11 is 7.39. The van der Waals surface area contributed by atoms with Crippen molar-refractivity contribution in [2.24, 2.45) is 0 Å². The van der Waals surface area contributed by atoms with Crippen molar-refractivity contribution in [3.63, 3.8) is 0 Å². The minimum absolute atomic E-state index is 0.492. The summed E-state index contributed by atoms with van der Waals surface area (Å²) in [5.41, 5.74) is 3.54. The number of hydrogen-bond acceptors (Lipinski definition) is 2. The molecule has 3 nitrogen and oxygen atoms in total. The Balaban J connectivity index is 1.61. The molecule has 3 rings (SSSR count). The minimum atomic E-state index is 0.492. The second kappa shape index (κ2) is 8.10. The van der Waals surface area contributed by atoms with Gasteiger partial charge >= 0.3 is 0 Å². The van der Waals surface area contributed by atoms with Crippen LogP contribution < -0.4 is 15.5 Å². The van der Waals surface area contributed by atoms with E-state index >= 15 is 0 Å². The van der Waals surface area contributed by atoms with Gasteiger partial charge in [-0.15, -0.1) is 11.3 Å². The number of thiocarbonyl (C=S) groups is 1. The molecule has 24 heavy (non-hydrogen) atoms. The SMILES string of the molecule is Cc1ccc(C)c(NC(=S)NC[C@H](c2cccs2)[NH+]2CCCC2)c1. The molecule has 0 unspecified atom stereocenters. The van der Waals surface area contributed by atoms with Gasteiger partial charge < -0.3 is 15.5 Å². The quantitative estimate of drug-likeness (QED) is 0.716. The first-order valence-corrected chi connectivity index (χ1v) is 9.92. The van der Waals surface area contributed by atoms with Crippen LogP contribution in [0, 0.1) is 13.8 Å². The van der Waals surface area contributed by atoms with Crippen LogP contribution in [0.3, 0.4) is 0 Å². The third kappa shape index (κ3) is 4.35. The van der Waals surface area contributed by atoms with Crippen LogP contribution in [0.4, 0.5) is 5.69 Å². The van der Waals surface area contributed by atoms with Gasteiger partial charge in [0, 0.05) is 18.5 Å². The molecule has 1 aromatic carbocycles. The molecule has 0 aliphatic carbocycles. The van der Waals surface area contributed by atoms with Crippen LogP contribution in [-0.2, 0) is 0 Å². The lowest BCUT2D eigenvalue weighted by Gasteiger charge is -2.24. The molecule has 5 heteroatoms. The lowest BCUT2D eigenvalue weighted by atomic mass is 10.1. The Morgan fingerprint density at radius 2 is 2.04 bits per heavy atom. The van der Waals surface area contributed by atoms with E-state index in [1.54, 1.807) is 4.90 Å². The molecule has 3 N–H and O–H groups in total. The lowest BCUT2D eigenvalue weighted by molar-refractivity contribution is -0.918. The lowest BCUT2D eigenvalue weighted by Crippen LogP contribution is -3.11. The molecule has 2 aromatic rings. The number of anilines is 1. The normalized spacial score (nSPS) is 16.1. The van der Waals surface area contributed by atoms with Crippen molar-refractivity contribution < 1.29 is 4.90 Å². The van der Waals surface area contributed by atoms with Gasteiger partial charge in [-0.25, -0.2) is 0 Å². The standard InChI is InChI=1S/C19H25N3S2/c1-14-7-8-15(2)16(12-14)21-19(23)20-13-17(18-6-5-11-24-18)22-9-3-4-10-22/h5-8,11-12,17H,3-4,9-10,13H2,1-2H3,(H2,20,21,23)/p+1/t17-/m1/s1. The molecule has 2 heterocycles. The first kappa shape index (κ1) is 17.4. The summed E-state index contributed by atoms with van der Waals surface area (Å²) in [4.78, 5) is 3.13. The zero-order valence-corrected chi connectivity index (χ0v) is 16.0. The number of hydrogen-bond donors (Lipinski definition) is 3. The summed E-state index contributed by atoms with van der Waals surface area (Å²) in [6, 6.07) is 11.3. The Morgan fingerprint density at radius 1 is 1.25 bits per heavy atom. The maximum Gasteiger partial charge on any atom is 0.171 e. The summed E-state index contributed by atoms with van der Waals surface area (Å²) in [6.45, 7) is 7.62. The monoisotopic (exact) mass is 360 g/mol. The highest BCUT2D eigenvalue weighted by atomic mass is 32.1. The number of rotatable bonds is 5. The van der Waals surface area contributed by atoms with E-state index in [4.69, 9.17) is 12.2 Å². The third-order valence-corrected chi connectivity index (χ3v) is 5.97. The molecular formula is C19H26N3S2+. The molecule has 128 valence electrons. The van der Waals surface area contributed by atoms with Crippen molar-refractivity contribution >= 4 is 34.4 Å². The van der Waals surface area contributed by atoms with Crippen molar-refractivity contribution in [1.29, 1.82) is 0 Å². The van der Waals surface area contributed by atoms with E-state index < -0.39 is 0 Å². The van der Waals surface area contributed by atoms with Gasteiger partial charge in [0.1, 0.15) is 6.04 Å². The van der Waals surface area contributed by atoms with Gasteiger partial charge in [-0.05, 0) is 54.7 Å². The molecule has 1 aliphatic rings. The molecule has 0 spiro atoms. The second-order valence-electron chi connectivity index (χ2n) is 6.59. The minimum Gasteiger partial charge on any atom is -0.356 e. The van der Waals surface area contributed by atoms with Crippen LogP contribution in [0.15, 0.2) is 35.7 Å². The van der Waals surface area contributed by atoms with E-state index in [1.165, 1.54) is 41.9 Å². The molecule has 1 fully saturated rings. The summed E-state index contributed by atoms with van der Waals surface area (Å²) < 4.78 is 0. The van der Waals surface area contributed by atoms with E-state index in [2.05, 4.69) is 60.2 Å².